The molecule has 0 spiro atoms. The summed E-state index contributed by atoms with van der Waals surface area (Å²) in [5.41, 5.74) is 1.29. The Balaban J connectivity index is 1.54. The maximum Gasteiger partial charge on any atom is 0.0720 e. The number of hydrogen-bond donors (Lipinski definition) is 0. The van der Waals surface area contributed by atoms with Crippen molar-refractivity contribution in [1.29, 1.82) is 0 Å². The number of fused-ring (bicyclic) bond motifs is 2. The first-order valence-electron chi connectivity index (χ1n) is 6.70. The Kier molecular flexibility index (Phi) is 3.17. The number of ether oxygens (including phenoxy) is 1. The maximum absolute atomic E-state index is 6.07. The minimum Gasteiger partial charge on any atom is -0.373 e. The molecule has 0 N–H and O–H groups in total. The average molecular weight is 231 g/mol. The van der Waals surface area contributed by atoms with Crippen LogP contribution in [-0.4, -0.2) is 30.1 Å². The number of piperidine rings is 1. The van der Waals surface area contributed by atoms with Crippen molar-refractivity contribution in [1.82, 2.24) is 4.90 Å². The van der Waals surface area contributed by atoms with E-state index in [2.05, 4.69) is 42.3 Å². The molecule has 2 nitrogen and oxygen atoms in total. The van der Waals surface area contributed by atoms with Crippen LogP contribution in [0.2, 0.25) is 0 Å². The van der Waals surface area contributed by atoms with Crippen LogP contribution in [0.5, 0.6) is 0 Å². The predicted molar refractivity (Wildman–Crippen MR) is 68.8 cm³/mol. The molecule has 92 valence electrons. The summed E-state index contributed by atoms with van der Waals surface area (Å²) < 4.78 is 6.07. The highest BCUT2D eigenvalue weighted by atomic mass is 16.5. The van der Waals surface area contributed by atoms with E-state index < -0.39 is 0 Å². The monoisotopic (exact) mass is 231 g/mol. The molecule has 1 unspecified atom stereocenters. The lowest BCUT2D eigenvalue weighted by Gasteiger charge is -2.36. The van der Waals surface area contributed by atoms with Gasteiger partial charge in [-0.05, 0) is 38.3 Å². The molecule has 0 aromatic heterocycles. The summed E-state index contributed by atoms with van der Waals surface area (Å²) in [4.78, 5) is 2.56. The van der Waals surface area contributed by atoms with Crippen molar-refractivity contribution >= 4 is 0 Å². The molecule has 2 bridgehead atoms. The molecule has 2 fully saturated rings. The van der Waals surface area contributed by atoms with E-state index in [1.54, 1.807) is 0 Å². The Morgan fingerprint density at radius 3 is 2.41 bits per heavy atom. The molecule has 1 aromatic carbocycles. The summed E-state index contributed by atoms with van der Waals surface area (Å²) in [6.45, 7) is 0.772. The molecule has 0 radical (unpaired) electrons. The van der Waals surface area contributed by atoms with Crippen molar-refractivity contribution in [2.24, 2.45) is 0 Å². The van der Waals surface area contributed by atoms with Crippen LogP contribution >= 0.6 is 0 Å². The van der Waals surface area contributed by atoms with Gasteiger partial charge in [-0.25, -0.2) is 0 Å². The largest absolute Gasteiger partial charge is 0.373 e. The highest BCUT2D eigenvalue weighted by Crippen LogP contribution is 2.35. The second kappa shape index (κ2) is 4.79. The topological polar surface area (TPSA) is 12.5 Å². The third-order valence-electron chi connectivity index (χ3n) is 4.38. The van der Waals surface area contributed by atoms with Gasteiger partial charge in [0.15, 0.2) is 0 Å². The fourth-order valence-corrected chi connectivity index (χ4v) is 3.29. The van der Waals surface area contributed by atoms with Gasteiger partial charge in [-0.2, -0.15) is 0 Å². The highest BCUT2D eigenvalue weighted by molar-refractivity contribution is 5.13. The van der Waals surface area contributed by atoms with Crippen molar-refractivity contribution in [3.05, 3.63) is 35.9 Å². The summed E-state index contributed by atoms with van der Waals surface area (Å²) in [5, 5.41) is 0. The van der Waals surface area contributed by atoms with E-state index in [1.807, 2.05) is 0 Å². The molecule has 2 saturated heterocycles. The van der Waals surface area contributed by atoms with Crippen molar-refractivity contribution in [3.8, 4) is 0 Å². The van der Waals surface area contributed by atoms with Crippen LogP contribution < -0.4 is 0 Å². The molecule has 0 aliphatic carbocycles. The fourth-order valence-electron chi connectivity index (χ4n) is 3.29. The minimum absolute atomic E-state index is 0.476. The van der Waals surface area contributed by atoms with Gasteiger partial charge in [0.1, 0.15) is 0 Å². The van der Waals surface area contributed by atoms with Gasteiger partial charge in [0.2, 0.25) is 0 Å². The first-order valence-corrected chi connectivity index (χ1v) is 6.70. The lowest BCUT2D eigenvalue weighted by molar-refractivity contribution is -0.0211. The molecule has 17 heavy (non-hydrogen) atoms. The summed E-state index contributed by atoms with van der Waals surface area (Å²) in [6, 6.07) is 12.0. The normalized spacial score (nSPS) is 32.9. The molecule has 0 amide bonds. The van der Waals surface area contributed by atoms with Gasteiger partial charge in [0, 0.05) is 12.1 Å². The van der Waals surface area contributed by atoms with Crippen molar-refractivity contribution in [3.63, 3.8) is 0 Å². The average Bonchev–Trinajstić information content (AvgIpc) is 2.61. The highest BCUT2D eigenvalue weighted by Gasteiger charge is 2.38. The van der Waals surface area contributed by atoms with Gasteiger partial charge in [-0.15, -0.1) is 0 Å². The van der Waals surface area contributed by atoms with E-state index in [-0.39, 0.29) is 0 Å². The van der Waals surface area contributed by atoms with Crippen LogP contribution in [0.1, 0.15) is 31.2 Å². The van der Waals surface area contributed by atoms with Gasteiger partial charge in [0.05, 0.1) is 12.7 Å². The number of nitrogens with zero attached hydrogens (tertiary/aromatic N) is 1. The Morgan fingerprint density at radius 1 is 1.12 bits per heavy atom. The molecule has 2 heterocycles. The van der Waals surface area contributed by atoms with Gasteiger partial charge >= 0.3 is 0 Å². The zero-order valence-electron chi connectivity index (χ0n) is 10.5. The molecule has 3 rings (SSSR count). The quantitative estimate of drug-likeness (QED) is 0.793. The van der Waals surface area contributed by atoms with Crippen molar-refractivity contribution < 1.29 is 4.74 Å². The summed E-state index contributed by atoms with van der Waals surface area (Å²) >= 11 is 0. The lowest BCUT2D eigenvalue weighted by Crippen LogP contribution is -2.42. The smallest absolute Gasteiger partial charge is 0.0720 e. The Hall–Kier alpha value is -0.860. The third kappa shape index (κ3) is 2.38. The molecular weight excluding hydrogens is 210 g/mol. The Morgan fingerprint density at radius 2 is 1.76 bits per heavy atom. The standard InChI is InChI=1S/C15H21NO/c1-16-13-7-8-14(16)10-15(9-13)17-11-12-5-3-2-4-6-12/h2-6,13-15H,7-11H2,1H3/t13-,14+,15?. The fraction of sp³-hybridized carbons (Fsp3) is 0.600. The van der Waals surface area contributed by atoms with Gasteiger partial charge in [0.25, 0.3) is 0 Å². The van der Waals surface area contributed by atoms with Gasteiger partial charge in [-0.3, -0.25) is 0 Å². The lowest BCUT2D eigenvalue weighted by atomic mass is 10.0. The van der Waals surface area contributed by atoms with Crippen molar-refractivity contribution in [2.75, 3.05) is 7.05 Å². The van der Waals surface area contributed by atoms with E-state index in [4.69, 9.17) is 4.74 Å². The molecular formula is C15H21NO. The Bertz CT molecular complexity index is 350. The number of hydrogen-bond acceptors (Lipinski definition) is 2. The van der Waals surface area contributed by atoms with Crippen LogP contribution in [0.4, 0.5) is 0 Å². The molecule has 1 aromatic rings. The first kappa shape index (κ1) is 11.2. The first-order chi connectivity index (χ1) is 8.33. The second-order valence-electron chi connectivity index (χ2n) is 5.44. The van der Waals surface area contributed by atoms with E-state index in [0.717, 1.165) is 18.7 Å². The van der Waals surface area contributed by atoms with E-state index in [1.165, 1.54) is 31.2 Å². The third-order valence-corrected chi connectivity index (χ3v) is 4.38. The van der Waals surface area contributed by atoms with Crippen LogP contribution in [-0.2, 0) is 11.3 Å². The van der Waals surface area contributed by atoms with Crippen LogP contribution in [0.25, 0.3) is 0 Å². The molecule has 2 aliphatic rings. The van der Waals surface area contributed by atoms with Crippen LogP contribution in [0, 0.1) is 0 Å². The van der Waals surface area contributed by atoms with Crippen LogP contribution in [0.3, 0.4) is 0 Å². The van der Waals surface area contributed by atoms with E-state index >= 15 is 0 Å². The Labute approximate surface area is 104 Å². The van der Waals surface area contributed by atoms with E-state index in [0.29, 0.717) is 6.10 Å². The maximum atomic E-state index is 6.07. The van der Waals surface area contributed by atoms with Crippen LogP contribution in [0.15, 0.2) is 30.3 Å². The minimum atomic E-state index is 0.476. The van der Waals surface area contributed by atoms with E-state index in [9.17, 15) is 0 Å². The summed E-state index contributed by atoms with van der Waals surface area (Å²) in [6.07, 6.45) is 5.65. The molecule has 0 saturated carbocycles. The zero-order chi connectivity index (χ0) is 11.7. The second-order valence-corrected chi connectivity index (χ2v) is 5.44. The SMILES string of the molecule is CN1[C@@H]2CC[C@H]1CC(OCc1ccccc1)C2. The van der Waals surface area contributed by atoms with Gasteiger partial charge < -0.3 is 9.64 Å². The molecule has 3 atom stereocenters. The van der Waals surface area contributed by atoms with Crippen molar-refractivity contribution in [2.45, 2.75) is 50.5 Å². The summed E-state index contributed by atoms with van der Waals surface area (Å²) in [7, 11) is 2.27. The van der Waals surface area contributed by atoms with Gasteiger partial charge in [-0.1, -0.05) is 30.3 Å². The number of rotatable bonds is 3. The molecule has 2 heteroatoms. The predicted octanol–water partition coefficient (Wildman–Crippen LogP) is 2.83. The number of benzene rings is 1. The zero-order valence-corrected chi connectivity index (χ0v) is 10.5. The summed E-state index contributed by atoms with van der Waals surface area (Å²) in [5.74, 6) is 0. The molecule has 2 aliphatic heterocycles.